The van der Waals surface area contributed by atoms with E-state index in [2.05, 4.69) is 184 Å². The average molecular weight is 1400 g/mol. The van der Waals surface area contributed by atoms with Gasteiger partial charge in [-0.2, -0.15) is 0 Å². The maximum atomic E-state index is 6.23. The summed E-state index contributed by atoms with van der Waals surface area (Å²) in [6.07, 6.45) is 17.5. The van der Waals surface area contributed by atoms with Crippen LogP contribution in [0, 0.1) is 46.0 Å². The largest absolute Gasteiger partial charge is 0.349 e. The molecule has 14 rings (SSSR count). The standard InChI is InChI=1S/C27H32N6S.C26H29ClN6S.C24H28N6S/c1-17-4-8-22-24(14-17)30-25(34)15-20-16-28-27(32-26(20)22)31-23-9-7-21(29-18(23)2)6-5-19-10-12-33(3)13-11-19;1-15-21(9-16(12-28-15)20-7-8-33(4)14-26(20,2)3)31-25-29-13-17-10-23(34)30-22-11-18(27)5-6-19(22)24(17)32-25;1-15-7-9-19-21(12-15)27-22(31)13-17-14-25-24(29-23(17)19)28-20-10-8-18(26-16(20)2)6-5-11-30(3)4/h4,7-9,14,16,19H,5-6,10-13,15H2,1-3H3,(H,30,34)(H,28,31,32);5-6,9,11-13,20H,7-8,10,14H2,1-4H3,(H,30,34)(H,29,31,32);7-10,12,14H,5-6,11,13H2,1-4H3,(H,27,31)(H,25,28,29). The van der Waals surface area contributed by atoms with Crippen LogP contribution < -0.4 is 31.9 Å². The minimum atomic E-state index is 0.179. The van der Waals surface area contributed by atoms with Gasteiger partial charge in [-0.25, -0.2) is 29.9 Å². The van der Waals surface area contributed by atoms with Crippen LogP contribution in [0.25, 0.3) is 33.8 Å². The van der Waals surface area contributed by atoms with Crippen LogP contribution in [-0.2, 0) is 32.1 Å². The summed E-state index contributed by atoms with van der Waals surface area (Å²) in [5, 5.41) is 20.8. The van der Waals surface area contributed by atoms with E-state index in [0.717, 1.165) is 179 Å². The molecular weight excluding hydrogens is 1310 g/mol. The Labute approximate surface area is 603 Å². The van der Waals surface area contributed by atoms with E-state index in [0.29, 0.717) is 48.0 Å². The molecule has 0 radical (unpaired) electrons. The van der Waals surface area contributed by atoms with Crippen molar-refractivity contribution in [3.63, 3.8) is 0 Å². The number of anilines is 9. The lowest BCUT2D eigenvalue weighted by Crippen LogP contribution is -2.42. The van der Waals surface area contributed by atoms with Gasteiger partial charge in [0.1, 0.15) is 0 Å². The molecular formula is C77H89ClN18S3. The van der Waals surface area contributed by atoms with E-state index in [1.54, 1.807) is 0 Å². The zero-order valence-corrected chi connectivity index (χ0v) is 61.8. The lowest BCUT2D eigenvalue weighted by Gasteiger charge is -2.43. The first-order valence-corrected chi connectivity index (χ1v) is 35.8. The Balaban J connectivity index is 0.000000141. The predicted molar refractivity (Wildman–Crippen MR) is 417 cm³/mol. The number of halogens is 1. The van der Waals surface area contributed by atoms with Crippen LogP contribution in [0.3, 0.4) is 0 Å². The molecule has 9 aromatic rings. The summed E-state index contributed by atoms with van der Waals surface area (Å²) in [6, 6.07) is 29.0. The van der Waals surface area contributed by atoms with Gasteiger partial charge in [0.15, 0.2) is 0 Å². The summed E-state index contributed by atoms with van der Waals surface area (Å²) in [5.74, 6) is 2.94. The molecule has 18 nitrogen and oxygen atoms in total. The lowest BCUT2D eigenvalue weighted by atomic mass is 9.71. The number of hydrogen-bond acceptors (Lipinski definition) is 18. The smallest absolute Gasteiger partial charge is 0.227 e. The Morgan fingerprint density at radius 2 is 0.990 bits per heavy atom. The second kappa shape index (κ2) is 31.0. The molecule has 3 aromatic carbocycles. The Morgan fingerprint density at radius 1 is 0.525 bits per heavy atom. The summed E-state index contributed by atoms with van der Waals surface area (Å²) in [6.45, 7) is 20.6. The minimum absolute atomic E-state index is 0.179. The van der Waals surface area contributed by atoms with Crippen LogP contribution in [0.2, 0.25) is 5.02 Å². The summed E-state index contributed by atoms with van der Waals surface area (Å²) in [7, 11) is 8.60. The number of likely N-dealkylation sites (tertiary alicyclic amines) is 2. The molecule has 2 saturated heterocycles. The molecule has 6 N–H and O–H groups in total. The first-order chi connectivity index (χ1) is 47.5. The van der Waals surface area contributed by atoms with Crippen molar-refractivity contribution in [2.24, 2.45) is 11.3 Å². The van der Waals surface area contributed by atoms with Crippen molar-refractivity contribution in [3.8, 4) is 33.8 Å². The number of aryl methyl sites for hydroxylation is 7. The number of piperidine rings is 2. The second-order valence-electron chi connectivity index (χ2n) is 28.1. The molecule has 6 aromatic heterocycles. The van der Waals surface area contributed by atoms with E-state index in [1.165, 1.54) is 49.0 Å². The van der Waals surface area contributed by atoms with Gasteiger partial charge in [-0.1, -0.05) is 86.4 Å². The Morgan fingerprint density at radius 3 is 1.47 bits per heavy atom. The zero-order chi connectivity index (χ0) is 69.6. The van der Waals surface area contributed by atoms with Gasteiger partial charge in [-0.15, -0.1) is 0 Å². The van der Waals surface area contributed by atoms with E-state index >= 15 is 0 Å². The highest BCUT2D eigenvalue weighted by molar-refractivity contribution is 7.81. The van der Waals surface area contributed by atoms with E-state index in [9.17, 15) is 0 Å². The summed E-state index contributed by atoms with van der Waals surface area (Å²) in [5.41, 5.74) is 23.3. The maximum absolute atomic E-state index is 6.23. The van der Waals surface area contributed by atoms with E-state index in [1.807, 2.05) is 63.8 Å². The Bertz CT molecular complexity index is 4510. The van der Waals surface area contributed by atoms with Crippen molar-refractivity contribution in [1.82, 2.24) is 59.6 Å². The fraction of sp³-hybridized carbons (Fsp3) is 0.377. The summed E-state index contributed by atoms with van der Waals surface area (Å²) < 4.78 is 0. The highest BCUT2D eigenvalue weighted by Crippen LogP contribution is 2.44. The highest BCUT2D eigenvalue weighted by Gasteiger charge is 2.36. The van der Waals surface area contributed by atoms with Gasteiger partial charge in [-0.3, -0.25) is 15.0 Å². The number of hydrogen-bond donors (Lipinski definition) is 6. The molecule has 512 valence electrons. The number of nitrogens with zero attached hydrogens (tertiary/aromatic N) is 12. The fourth-order valence-electron chi connectivity index (χ4n) is 13.9. The molecule has 0 bridgehead atoms. The van der Waals surface area contributed by atoms with Gasteiger partial charge in [0.25, 0.3) is 0 Å². The molecule has 99 heavy (non-hydrogen) atoms. The Hall–Kier alpha value is -8.41. The van der Waals surface area contributed by atoms with Crippen molar-refractivity contribution in [1.29, 1.82) is 0 Å². The molecule has 5 aliphatic rings. The van der Waals surface area contributed by atoms with Crippen LogP contribution in [0.1, 0.15) is 114 Å². The second-order valence-corrected chi connectivity index (χ2v) is 30.0. The number of thiocarbonyl (C=S) groups is 3. The first-order valence-electron chi connectivity index (χ1n) is 34.2. The van der Waals surface area contributed by atoms with Crippen molar-refractivity contribution in [2.75, 3.05) is 92.8 Å². The molecule has 0 aliphatic carbocycles. The SMILES string of the molecule is Cc1ccc2c(c1)NC(=S)Cc1cnc(Nc3ccc(CCC4CCN(C)CC4)nc3C)nc1-2.Cc1ccc2c(c1)NC(=S)Cc1cnc(Nc3ccc(CCCN(C)C)nc3C)nc1-2.Cc1ncc(C2CCN(C)CC2(C)C)cc1Nc1ncc2c(n1)-c1ccc(Cl)cc1NC(=S)C2. The normalized spacial score (nSPS) is 16.3. The number of rotatable bonds is 14. The van der Waals surface area contributed by atoms with Gasteiger partial charge in [0.05, 0.1) is 66.2 Å². The van der Waals surface area contributed by atoms with Crippen LogP contribution in [0.5, 0.6) is 0 Å². The van der Waals surface area contributed by atoms with Crippen LogP contribution in [0.4, 0.5) is 52.0 Å². The van der Waals surface area contributed by atoms with Gasteiger partial charge >= 0.3 is 0 Å². The Kier molecular flexibility index (Phi) is 22.1. The molecule has 1 atom stereocenters. The van der Waals surface area contributed by atoms with Gasteiger partial charge in [-0.05, 0) is 229 Å². The number of aromatic nitrogens is 9. The number of pyridine rings is 3. The summed E-state index contributed by atoms with van der Waals surface area (Å²) in [4.78, 5) is 52.0. The number of benzene rings is 3. The van der Waals surface area contributed by atoms with Crippen molar-refractivity contribution < 1.29 is 0 Å². The van der Waals surface area contributed by atoms with Crippen molar-refractivity contribution in [3.05, 3.63) is 177 Å². The average Bonchev–Trinajstić information content (AvgIpc) is 1.80. The summed E-state index contributed by atoms with van der Waals surface area (Å²) >= 11 is 22.8. The van der Waals surface area contributed by atoms with Gasteiger partial charge in [0.2, 0.25) is 17.8 Å². The number of nitrogens with one attached hydrogen (secondary N) is 6. The fourth-order valence-corrected chi connectivity index (χ4v) is 14.8. The monoisotopic (exact) mass is 1400 g/mol. The highest BCUT2D eigenvalue weighted by atomic mass is 35.5. The molecule has 5 aliphatic heterocycles. The quantitative estimate of drug-likeness (QED) is 0.0562. The van der Waals surface area contributed by atoms with Crippen molar-refractivity contribution >= 4 is 115 Å². The van der Waals surface area contributed by atoms with Crippen LogP contribution >= 0.6 is 48.3 Å². The molecule has 0 saturated carbocycles. The third kappa shape index (κ3) is 17.6. The molecule has 0 spiro atoms. The van der Waals surface area contributed by atoms with Gasteiger partial charge < -0.3 is 46.6 Å². The maximum Gasteiger partial charge on any atom is 0.227 e. The molecule has 0 amide bonds. The lowest BCUT2D eigenvalue weighted by molar-refractivity contribution is 0.114. The molecule has 1 unspecified atom stereocenters. The minimum Gasteiger partial charge on any atom is -0.349 e. The van der Waals surface area contributed by atoms with E-state index < -0.39 is 0 Å². The first kappa shape index (κ1) is 70.5. The molecule has 2 fully saturated rings. The zero-order valence-electron chi connectivity index (χ0n) is 58.6. The van der Waals surface area contributed by atoms with Crippen molar-refractivity contribution in [2.45, 2.75) is 119 Å². The molecule has 11 heterocycles. The van der Waals surface area contributed by atoms with Gasteiger partial charge in [0, 0.05) is 117 Å². The topological polar surface area (TPSA) is 198 Å². The third-order valence-corrected chi connectivity index (χ3v) is 20.2. The van der Waals surface area contributed by atoms with Crippen LogP contribution in [-0.4, -0.2) is 135 Å². The van der Waals surface area contributed by atoms with E-state index in [4.69, 9.17) is 78.2 Å². The molecule has 22 heteroatoms. The third-order valence-electron chi connectivity index (χ3n) is 19.2. The number of fused-ring (bicyclic) bond motifs is 9. The van der Waals surface area contributed by atoms with E-state index in [-0.39, 0.29) is 5.41 Å². The predicted octanol–water partition coefficient (Wildman–Crippen LogP) is 16.1. The van der Waals surface area contributed by atoms with Crippen LogP contribution in [0.15, 0.2) is 110 Å².